The highest BCUT2D eigenvalue weighted by molar-refractivity contribution is 6.05. The number of carbonyl (C=O) groups is 1. The number of piperidine rings is 1. The van der Waals surface area contributed by atoms with Crippen molar-refractivity contribution in [3.63, 3.8) is 0 Å². The van der Waals surface area contributed by atoms with Crippen LogP contribution in [0.1, 0.15) is 18.4 Å². The van der Waals surface area contributed by atoms with Gasteiger partial charge in [0.15, 0.2) is 0 Å². The van der Waals surface area contributed by atoms with Crippen LogP contribution in [-0.2, 0) is 0 Å². The van der Waals surface area contributed by atoms with Crippen LogP contribution in [0.5, 0.6) is 5.75 Å². The summed E-state index contributed by atoms with van der Waals surface area (Å²) in [5, 5.41) is 16.6. The predicted octanol–water partition coefficient (Wildman–Crippen LogP) is 1.07. The molecule has 1 heterocycles. The van der Waals surface area contributed by atoms with E-state index in [1.165, 1.54) is 0 Å². The molecule has 0 unspecified atom stereocenters. The Bertz CT molecular complexity index is 484. The summed E-state index contributed by atoms with van der Waals surface area (Å²) < 4.78 is 5.10. The van der Waals surface area contributed by atoms with E-state index in [-0.39, 0.29) is 17.9 Å². The maximum Gasteiger partial charge on any atom is 0.320 e. The molecule has 2 rings (SSSR count). The second-order valence-electron chi connectivity index (χ2n) is 4.73. The van der Waals surface area contributed by atoms with Crippen molar-refractivity contribution in [2.75, 3.05) is 20.2 Å². The van der Waals surface area contributed by atoms with Gasteiger partial charge in [-0.3, -0.25) is 10.7 Å². The highest BCUT2D eigenvalue weighted by Gasteiger charge is 2.16. The molecule has 1 aliphatic heterocycles. The molecule has 108 valence electrons. The number of benzene rings is 1. The van der Waals surface area contributed by atoms with E-state index in [4.69, 9.17) is 10.1 Å². The fourth-order valence-corrected chi connectivity index (χ4v) is 2.15. The van der Waals surface area contributed by atoms with Gasteiger partial charge in [-0.15, -0.1) is 0 Å². The molecular formula is C14H20N4O2. The quantitative estimate of drug-likeness (QED) is 0.492. The standard InChI is InChI=1S/C14H20N4O2/c1-20-12-4-2-3-10(9-12)13(15)18-14(19)17-11-5-7-16-8-6-11/h2-4,9,11,16H,5-8H2,1H3,(H3,15,17,18,19). The molecule has 0 aromatic heterocycles. The van der Waals surface area contributed by atoms with Crippen molar-refractivity contribution in [1.29, 1.82) is 5.41 Å². The minimum atomic E-state index is -0.329. The van der Waals surface area contributed by atoms with Gasteiger partial charge in [0.25, 0.3) is 0 Å². The number of hydrogen-bond acceptors (Lipinski definition) is 4. The third kappa shape index (κ3) is 3.96. The van der Waals surface area contributed by atoms with Crippen molar-refractivity contribution >= 4 is 11.9 Å². The summed E-state index contributed by atoms with van der Waals surface area (Å²) in [5.41, 5.74) is 0.616. The van der Waals surface area contributed by atoms with Crippen LogP contribution in [0, 0.1) is 5.41 Å². The van der Waals surface area contributed by atoms with Gasteiger partial charge in [-0.25, -0.2) is 4.79 Å². The monoisotopic (exact) mass is 276 g/mol. The molecular weight excluding hydrogens is 256 g/mol. The molecule has 0 atom stereocenters. The molecule has 6 heteroatoms. The van der Waals surface area contributed by atoms with Crippen LogP contribution in [0.25, 0.3) is 0 Å². The molecule has 1 aromatic rings. The van der Waals surface area contributed by atoms with Crippen LogP contribution < -0.4 is 20.7 Å². The van der Waals surface area contributed by atoms with Crippen LogP contribution in [0.2, 0.25) is 0 Å². The van der Waals surface area contributed by atoms with E-state index in [1.807, 2.05) is 0 Å². The first-order chi connectivity index (χ1) is 9.69. The van der Waals surface area contributed by atoms with Crippen LogP contribution in [0.4, 0.5) is 4.79 Å². The molecule has 0 spiro atoms. The normalized spacial score (nSPS) is 15.4. The summed E-state index contributed by atoms with van der Waals surface area (Å²) >= 11 is 0. The summed E-state index contributed by atoms with van der Waals surface area (Å²) in [6.45, 7) is 1.83. The Morgan fingerprint density at radius 2 is 2.15 bits per heavy atom. The molecule has 0 saturated carbocycles. The number of ether oxygens (including phenoxy) is 1. The Morgan fingerprint density at radius 3 is 2.85 bits per heavy atom. The fourth-order valence-electron chi connectivity index (χ4n) is 2.15. The van der Waals surface area contributed by atoms with Gasteiger partial charge in [0.2, 0.25) is 0 Å². The Kier molecular flexibility index (Phi) is 4.95. The fraction of sp³-hybridized carbons (Fsp3) is 0.429. The van der Waals surface area contributed by atoms with Gasteiger partial charge >= 0.3 is 6.03 Å². The lowest BCUT2D eigenvalue weighted by atomic mass is 10.1. The predicted molar refractivity (Wildman–Crippen MR) is 77.4 cm³/mol. The third-order valence-electron chi connectivity index (χ3n) is 3.27. The van der Waals surface area contributed by atoms with E-state index in [9.17, 15) is 4.79 Å². The number of rotatable bonds is 3. The van der Waals surface area contributed by atoms with Crippen molar-refractivity contribution in [2.24, 2.45) is 0 Å². The largest absolute Gasteiger partial charge is 0.497 e. The number of amidine groups is 1. The van der Waals surface area contributed by atoms with Crippen molar-refractivity contribution in [3.05, 3.63) is 29.8 Å². The highest BCUT2D eigenvalue weighted by Crippen LogP contribution is 2.12. The molecule has 4 N–H and O–H groups in total. The summed E-state index contributed by atoms with van der Waals surface area (Å²) in [4.78, 5) is 11.8. The van der Waals surface area contributed by atoms with Crippen molar-refractivity contribution in [1.82, 2.24) is 16.0 Å². The molecule has 1 aliphatic rings. The summed E-state index contributed by atoms with van der Waals surface area (Å²) in [7, 11) is 1.57. The number of carbonyl (C=O) groups excluding carboxylic acids is 1. The van der Waals surface area contributed by atoms with E-state index in [1.54, 1.807) is 31.4 Å². The lowest BCUT2D eigenvalue weighted by Crippen LogP contribution is -2.48. The van der Waals surface area contributed by atoms with Gasteiger partial charge < -0.3 is 15.4 Å². The van der Waals surface area contributed by atoms with Crippen LogP contribution in [0.15, 0.2) is 24.3 Å². The van der Waals surface area contributed by atoms with Crippen LogP contribution in [0.3, 0.4) is 0 Å². The van der Waals surface area contributed by atoms with E-state index in [0.717, 1.165) is 25.9 Å². The number of urea groups is 1. The molecule has 1 fully saturated rings. The molecule has 0 aliphatic carbocycles. The molecule has 6 nitrogen and oxygen atoms in total. The van der Waals surface area contributed by atoms with Gasteiger partial charge in [0.05, 0.1) is 7.11 Å². The zero-order valence-corrected chi connectivity index (χ0v) is 11.5. The SMILES string of the molecule is COc1cccc(C(=N)NC(=O)NC2CCNCC2)c1. The first kappa shape index (κ1) is 14.3. The number of nitrogens with one attached hydrogen (secondary N) is 4. The Hall–Kier alpha value is -2.08. The van der Waals surface area contributed by atoms with Gasteiger partial charge in [-0.05, 0) is 38.1 Å². The second-order valence-corrected chi connectivity index (χ2v) is 4.73. The Morgan fingerprint density at radius 1 is 1.40 bits per heavy atom. The van der Waals surface area contributed by atoms with Gasteiger partial charge in [0.1, 0.15) is 11.6 Å². The minimum absolute atomic E-state index is 0.0651. The lowest BCUT2D eigenvalue weighted by Gasteiger charge is -2.23. The van der Waals surface area contributed by atoms with E-state index < -0.39 is 0 Å². The molecule has 20 heavy (non-hydrogen) atoms. The lowest BCUT2D eigenvalue weighted by molar-refractivity contribution is 0.238. The number of methoxy groups -OCH3 is 1. The van der Waals surface area contributed by atoms with Crippen LogP contribution >= 0.6 is 0 Å². The van der Waals surface area contributed by atoms with Crippen LogP contribution in [-0.4, -0.2) is 38.1 Å². The molecule has 2 amide bonds. The first-order valence-corrected chi connectivity index (χ1v) is 6.70. The molecule has 1 aromatic carbocycles. The van der Waals surface area contributed by atoms with Crippen molar-refractivity contribution in [3.8, 4) is 5.75 Å². The molecule has 0 bridgehead atoms. The van der Waals surface area contributed by atoms with E-state index in [0.29, 0.717) is 11.3 Å². The third-order valence-corrected chi connectivity index (χ3v) is 3.27. The van der Waals surface area contributed by atoms with Crippen molar-refractivity contribution < 1.29 is 9.53 Å². The summed E-state index contributed by atoms with van der Waals surface area (Å²) in [6, 6.07) is 6.91. The van der Waals surface area contributed by atoms with Gasteiger partial charge in [-0.2, -0.15) is 0 Å². The molecule has 0 radical (unpaired) electrons. The summed E-state index contributed by atoms with van der Waals surface area (Å²) in [6.07, 6.45) is 1.83. The number of amides is 2. The number of hydrogen-bond donors (Lipinski definition) is 4. The summed E-state index contributed by atoms with van der Waals surface area (Å²) in [5.74, 6) is 0.725. The zero-order valence-electron chi connectivity index (χ0n) is 11.5. The van der Waals surface area contributed by atoms with E-state index in [2.05, 4.69) is 16.0 Å². The Balaban J connectivity index is 1.88. The van der Waals surface area contributed by atoms with Gasteiger partial charge in [-0.1, -0.05) is 12.1 Å². The topological polar surface area (TPSA) is 86.2 Å². The maximum atomic E-state index is 11.8. The maximum absolute atomic E-state index is 11.8. The smallest absolute Gasteiger partial charge is 0.320 e. The highest BCUT2D eigenvalue weighted by atomic mass is 16.5. The average Bonchev–Trinajstić information content (AvgIpc) is 2.48. The minimum Gasteiger partial charge on any atom is -0.497 e. The van der Waals surface area contributed by atoms with Gasteiger partial charge in [0, 0.05) is 11.6 Å². The first-order valence-electron chi connectivity index (χ1n) is 6.70. The van der Waals surface area contributed by atoms with Crippen molar-refractivity contribution in [2.45, 2.75) is 18.9 Å². The molecule has 1 saturated heterocycles. The zero-order chi connectivity index (χ0) is 14.4. The average molecular weight is 276 g/mol. The second kappa shape index (κ2) is 6.91. The Labute approximate surface area is 118 Å². The van der Waals surface area contributed by atoms with E-state index >= 15 is 0 Å².